The molecule has 0 bridgehead atoms. The summed E-state index contributed by atoms with van der Waals surface area (Å²) in [5, 5.41) is 3.37. The number of esters is 1. The van der Waals surface area contributed by atoms with E-state index in [1.54, 1.807) is 0 Å². The molecule has 0 aromatic heterocycles. The Labute approximate surface area is 211 Å². The van der Waals surface area contributed by atoms with E-state index in [0.29, 0.717) is 30.0 Å². The molecule has 36 heavy (non-hydrogen) atoms. The molecule has 2 aliphatic rings. The van der Waals surface area contributed by atoms with E-state index in [0.717, 1.165) is 22.4 Å². The average Bonchev–Trinajstić information content (AvgIpc) is 2.92. The molecule has 0 saturated carbocycles. The Hall–Kier alpha value is -4.12. The second kappa shape index (κ2) is 10.2. The first kappa shape index (κ1) is 23.6. The van der Waals surface area contributed by atoms with Crippen molar-refractivity contribution >= 4 is 11.8 Å². The number of allylic oxidation sites excluding steroid dienone is 3. The number of carbonyl (C=O) groups is 2. The molecule has 0 radical (unpaired) electrons. The normalized spacial score (nSPS) is 21.2. The predicted octanol–water partition coefficient (Wildman–Crippen LogP) is 5.66. The number of ketones is 1. The van der Waals surface area contributed by atoms with Crippen molar-refractivity contribution in [3.05, 3.63) is 125 Å². The minimum absolute atomic E-state index is 0.0184. The van der Waals surface area contributed by atoms with Gasteiger partial charge in [0.25, 0.3) is 0 Å². The molecule has 1 aliphatic heterocycles. The van der Waals surface area contributed by atoms with Gasteiger partial charge in [0, 0.05) is 35.2 Å². The van der Waals surface area contributed by atoms with E-state index in [1.807, 2.05) is 91.9 Å². The summed E-state index contributed by atoms with van der Waals surface area (Å²) >= 11 is 0. The van der Waals surface area contributed by atoms with Crippen LogP contribution in [0.15, 0.2) is 108 Å². The lowest BCUT2D eigenvalue weighted by atomic mass is 9.68. The number of nitrogens with one attached hydrogen (secondary N) is 1. The number of benzene rings is 3. The van der Waals surface area contributed by atoms with Crippen LogP contribution in [0.5, 0.6) is 5.75 Å². The highest BCUT2D eigenvalue weighted by Gasteiger charge is 2.45. The van der Waals surface area contributed by atoms with Gasteiger partial charge in [-0.3, -0.25) is 4.79 Å². The van der Waals surface area contributed by atoms with Crippen molar-refractivity contribution in [2.45, 2.75) is 31.8 Å². The second-order valence-electron chi connectivity index (χ2n) is 9.23. The molecule has 1 N–H and O–H groups in total. The quantitative estimate of drug-likeness (QED) is 0.463. The van der Waals surface area contributed by atoms with Gasteiger partial charge in [0.05, 0.1) is 18.6 Å². The summed E-state index contributed by atoms with van der Waals surface area (Å²) in [4.78, 5) is 26.8. The van der Waals surface area contributed by atoms with Gasteiger partial charge < -0.3 is 14.8 Å². The van der Waals surface area contributed by atoms with Crippen molar-refractivity contribution in [2.24, 2.45) is 5.92 Å². The molecule has 3 aromatic rings. The minimum atomic E-state index is -0.524. The molecule has 1 heterocycles. The number of fused-ring (bicyclic) bond motifs is 1. The fraction of sp³-hybridized carbons (Fsp3) is 0.226. The van der Waals surface area contributed by atoms with Crippen molar-refractivity contribution in [2.75, 3.05) is 7.11 Å². The molecule has 5 heteroatoms. The molecule has 5 rings (SSSR count). The number of ether oxygens (including phenoxy) is 2. The van der Waals surface area contributed by atoms with Crippen LogP contribution in [-0.4, -0.2) is 18.9 Å². The number of hydrogen-bond donors (Lipinski definition) is 1. The monoisotopic (exact) mass is 479 g/mol. The summed E-state index contributed by atoms with van der Waals surface area (Å²) in [6.45, 7) is 2.25. The highest BCUT2D eigenvalue weighted by molar-refractivity contribution is 5.96. The maximum atomic E-state index is 13.8. The zero-order valence-corrected chi connectivity index (χ0v) is 20.4. The molecular formula is C31H29NO4. The largest absolute Gasteiger partial charge is 0.489 e. The summed E-state index contributed by atoms with van der Waals surface area (Å²) in [6, 6.07) is 27.6. The van der Waals surface area contributed by atoms with Crippen LogP contribution in [0.3, 0.4) is 0 Å². The number of carbonyl (C=O) groups excluding carboxylic acids is 2. The van der Waals surface area contributed by atoms with Crippen molar-refractivity contribution < 1.29 is 19.1 Å². The predicted molar refractivity (Wildman–Crippen MR) is 138 cm³/mol. The van der Waals surface area contributed by atoms with Gasteiger partial charge >= 0.3 is 5.97 Å². The smallest absolute Gasteiger partial charge is 0.336 e. The van der Waals surface area contributed by atoms with Crippen LogP contribution in [0.1, 0.15) is 41.9 Å². The number of hydrogen-bond acceptors (Lipinski definition) is 5. The Kier molecular flexibility index (Phi) is 6.72. The first-order valence-corrected chi connectivity index (χ1v) is 12.2. The molecule has 3 atom stereocenters. The maximum Gasteiger partial charge on any atom is 0.336 e. The van der Waals surface area contributed by atoms with E-state index in [2.05, 4.69) is 11.4 Å². The molecule has 5 nitrogen and oxygen atoms in total. The van der Waals surface area contributed by atoms with Gasteiger partial charge in [-0.2, -0.15) is 0 Å². The van der Waals surface area contributed by atoms with Crippen LogP contribution in [0.4, 0.5) is 0 Å². The van der Waals surface area contributed by atoms with E-state index >= 15 is 0 Å². The standard InChI is InChI=1S/C31H29NO4/c1-20-28(31(34)35-2)29(24-15-9-10-16-27(24)36-19-21-11-5-3-6-12-21)30-25(32-20)17-23(18-26(30)33)22-13-7-4-8-14-22/h3-17,23,29-30,32H,18-19H2,1-2H3. The third-order valence-corrected chi connectivity index (χ3v) is 6.99. The van der Waals surface area contributed by atoms with Crippen LogP contribution in [0, 0.1) is 5.92 Å². The molecule has 1 aliphatic carbocycles. The van der Waals surface area contributed by atoms with E-state index < -0.39 is 17.8 Å². The molecule has 0 fully saturated rings. The number of rotatable bonds is 6. The van der Waals surface area contributed by atoms with E-state index in [4.69, 9.17) is 9.47 Å². The van der Waals surface area contributed by atoms with E-state index in [-0.39, 0.29) is 11.7 Å². The molecular weight excluding hydrogens is 450 g/mol. The lowest BCUT2D eigenvalue weighted by Gasteiger charge is -2.39. The van der Waals surface area contributed by atoms with Gasteiger partial charge in [0.2, 0.25) is 0 Å². The van der Waals surface area contributed by atoms with Crippen molar-refractivity contribution in [1.82, 2.24) is 5.32 Å². The summed E-state index contributed by atoms with van der Waals surface area (Å²) in [5.74, 6) is -0.758. The Morgan fingerprint density at radius 2 is 1.58 bits per heavy atom. The summed E-state index contributed by atoms with van der Waals surface area (Å²) in [6.07, 6.45) is 2.51. The number of Topliss-reactive ketones (excluding diaryl/α,β-unsaturated/α-hetero) is 1. The van der Waals surface area contributed by atoms with Gasteiger partial charge in [-0.05, 0) is 24.1 Å². The minimum Gasteiger partial charge on any atom is -0.489 e. The zero-order chi connectivity index (χ0) is 25.1. The third-order valence-electron chi connectivity index (χ3n) is 6.99. The van der Waals surface area contributed by atoms with Gasteiger partial charge in [-0.15, -0.1) is 0 Å². The lowest BCUT2D eigenvalue weighted by Crippen LogP contribution is -2.42. The van der Waals surface area contributed by atoms with Gasteiger partial charge in [0.1, 0.15) is 18.1 Å². The second-order valence-corrected chi connectivity index (χ2v) is 9.23. The first-order valence-electron chi connectivity index (χ1n) is 12.2. The topological polar surface area (TPSA) is 64.6 Å². The van der Waals surface area contributed by atoms with E-state index in [1.165, 1.54) is 7.11 Å². The van der Waals surface area contributed by atoms with Crippen molar-refractivity contribution in [3.8, 4) is 5.75 Å². The Balaban J connectivity index is 1.58. The number of para-hydroxylation sites is 1. The van der Waals surface area contributed by atoms with Crippen LogP contribution in [0.2, 0.25) is 0 Å². The maximum absolute atomic E-state index is 13.8. The highest BCUT2D eigenvalue weighted by atomic mass is 16.5. The Morgan fingerprint density at radius 1 is 0.917 bits per heavy atom. The van der Waals surface area contributed by atoms with Gasteiger partial charge in [-0.25, -0.2) is 4.79 Å². The molecule has 0 spiro atoms. The molecule has 3 unspecified atom stereocenters. The molecule has 0 saturated heterocycles. The van der Waals surface area contributed by atoms with Crippen LogP contribution in [-0.2, 0) is 20.9 Å². The van der Waals surface area contributed by atoms with Gasteiger partial charge in [-0.1, -0.05) is 84.9 Å². The fourth-order valence-corrected chi connectivity index (χ4v) is 5.31. The van der Waals surface area contributed by atoms with Crippen LogP contribution in [0.25, 0.3) is 0 Å². The highest BCUT2D eigenvalue weighted by Crippen LogP contribution is 2.48. The number of methoxy groups -OCH3 is 1. The van der Waals surface area contributed by atoms with Crippen molar-refractivity contribution in [3.63, 3.8) is 0 Å². The fourth-order valence-electron chi connectivity index (χ4n) is 5.31. The van der Waals surface area contributed by atoms with E-state index in [9.17, 15) is 9.59 Å². The Morgan fingerprint density at radius 3 is 2.31 bits per heavy atom. The third kappa shape index (κ3) is 4.57. The zero-order valence-electron chi connectivity index (χ0n) is 20.4. The van der Waals surface area contributed by atoms with Crippen LogP contribution < -0.4 is 10.1 Å². The molecule has 3 aromatic carbocycles. The van der Waals surface area contributed by atoms with Crippen LogP contribution >= 0.6 is 0 Å². The van der Waals surface area contributed by atoms with Gasteiger partial charge in [0.15, 0.2) is 0 Å². The summed E-state index contributed by atoms with van der Waals surface area (Å²) < 4.78 is 11.4. The first-order chi connectivity index (χ1) is 17.6. The molecule has 182 valence electrons. The summed E-state index contributed by atoms with van der Waals surface area (Å²) in [7, 11) is 1.37. The van der Waals surface area contributed by atoms with Crippen molar-refractivity contribution in [1.29, 1.82) is 0 Å². The average molecular weight is 480 g/mol. The SMILES string of the molecule is COC(=O)C1=C(C)NC2=CC(c3ccccc3)CC(=O)C2C1c1ccccc1OCc1ccccc1. The lowest BCUT2D eigenvalue weighted by molar-refractivity contribution is -0.136. The Bertz CT molecular complexity index is 1330. The summed E-state index contributed by atoms with van der Waals surface area (Å²) in [5.41, 5.74) is 4.92. The molecule has 0 amide bonds.